The lowest BCUT2D eigenvalue weighted by Gasteiger charge is -2.36. The third-order valence-corrected chi connectivity index (χ3v) is 11.7. The van der Waals surface area contributed by atoms with Crippen LogP contribution < -0.4 is 4.90 Å². The molecular weight excluding hydrogens is 466 g/mol. The van der Waals surface area contributed by atoms with E-state index in [4.69, 9.17) is 28.3 Å². The standard InChI is InChI=1S/C24H41NO3Si.2CO2/c1-17(2)24(18(3)4)21(22(26)27-8)25(24)20-13-11-19(12-14-20)15-16-28-29(9,10)23(5,6)7;2*2-1-3/h11-14,17-18,21H,15-16H2,1-10H3;;. The first-order chi connectivity index (χ1) is 16.1. The first-order valence-electron chi connectivity index (χ1n) is 11.7. The van der Waals surface area contributed by atoms with E-state index in [-0.39, 0.29) is 34.9 Å². The number of benzene rings is 1. The van der Waals surface area contributed by atoms with Crippen LogP contribution in [0.4, 0.5) is 5.69 Å². The highest BCUT2D eigenvalue weighted by Gasteiger charge is 2.69. The van der Waals surface area contributed by atoms with E-state index >= 15 is 0 Å². The van der Waals surface area contributed by atoms with E-state index in [1.165, 1.54) is 12.7 Å². The SMILES string of the molecule is COC(=O)C1N(c2ccc(CCO[Si](C)(C)C(C)(C)C)cc2)C1(C(C)C)C(C)C.O=C=O.O=C=O. The summed E-state index contributed by atoms with van der Waals surface area (Å²) in [7, 11) is -0.226. The van der Waals surface area contributed by atoms with Crippen LogP contribution in [0.2, 0.25) is 18.1 Å². The van der Waals surface area contributed by atoms with Crippen molar-refractivity contribution >= 4 is 32.3 Å². The van der Waals surface area contributed by atoms with Gasteiger partial charge < -0.3 is 14.1 Å². The van der Waals surface area contributed by atoms with E-state index in [0.29, 0.717) is 11.8 Å². The summed E-state index contributed by atoms with van der Waals surface area (Å²) in [6, 6.07) is 8.42. The maximum absolute atomic E-state index is 12.5. The fourth-order valence-corrected chi connectivity index (χ4v) is 5.46. The molecule has 35 heavy (non-hydrogen) atoms. The van der Waals surface area contributed by atoms with Crippen LogP contribution in [-0.2, 0) is 39.6 Å². The van der Waals surface area contributed by atoms with Gasteiger partial charge in [0.05, 0.1) is 12.6 Å². The smallest absolute Gasteiger partial charge is 0.373 e. The zero-order valence-electron chi connectivity index (χ0n) is 22.8. The number of carbonyl (C=O) groups excluding carboxylic acids is 5. The number of ether oxygens (including phenoxy) is 1. The van der Waals surface area contributed by atoms with Crippen molar-refractivity contribution in [2.75, 3.05) is 18.6 Å². The number of methoxy groups -OCH3 is 1. The Morgan fingerprint density at radius 1 is 1.00 bits per heavy atom. The highest BCUT2D eigenvalue weighted by Crippen LogP contribution is 2.55. The van der Waals surface area contributed by atoms with Crippen molar-refractivity contribution in [2.45, 2.75) is 84.6 Å². The molecule has 0 aromatic heterocycles. The predicted molar refractivity (Wildman–Crippen MR) is 134 cm³/mol. The summed E-state index contributed by atoms with van der Waals surface area (Å²) < 4.78 is 11.4. The Kier molecular flexibility index (Phi) is 12.5. The summed E-state index contributed by atoms with van der Waals surface area (Å²) in [4.78, 5) is 47.2. The summed E-state index contributed by atoms with van der Waals surface area (Å²) in [6.07, 6.45) is 1.41. The highest BCUT2D eigenvalue weighted by atomic mass is 28.4. The van der Waals surface area contributed by atoms with Crippen LogP contribution >= 0.6 is 0 Å². The van der Waals surface area contributed by atoms with Crippen LogP contribution in [-0.4, -0.2) is 51.9 Å². The first-order valence-corrected chi connectivity index (χ1v) is 14.6. The maximum Gasteiger partial charge on any atom is 0.373 e. The molecule has 0 spiro atoms. The zero-order chi connectivity index (χ0) is 27.6. The molecule has 0 aliphatic carbocycles. The monoisotopic (exact) mass is 507 g/mol. The molecule has 1 atom stereocenters. The van der Waals surface area contributed by atoms with Crippen LogP contribution in [0.5, 0.6) is 0 Å². The van der Waals surface area contributed by atoms with Gasteiger partial charge in [0, 0.05) is 12.3 Å². The molecule has 196 valence electrons. The third kappa shape index (κ3) is 7.71. The maximum atomic E-state index is 12.5. The summed E-state index contributed by atoms with van der Waals surface area (Å²) >= 11 is 0. The number of nitrogens with zero attached hydrogens (tertiary/aromatic N) is 1. The third-order valence-electron chi connectivity index (χ3n) is 7.19. The summed E-state index contributed by atoms with van der Waals surface area (Å²) in [5.74, 6) is 0.563. The molecule has 1 fully saturated rings. The summed E-state index contributed by atoms with van der Waals surface area (Å²) in [5.41, 5.74) is 2.18. The molecule has 1 unspecified atom stereocenters. The molecule has 0 saturated carbocycles. The number of anilines is 1. The number of hydrogen-bond donors (Lipinski definition) is 0. The van der Waals surface area contributed by atoms with Gasteiger partial charge in [-0.3, -0.25) is 0 Å². The van der Waals surface area contributed by atoms with Crippen LogP contribution in [0.15, 0.2) is 24.3 Å². The molecule has 2 rings (SSSR count). The average molecular weight is 508 g/mol. The van der Waals surface area contributed by atoms with Gasteiger partial charge in [-0.1, -0.05) is 60.6 Å². The lowest BCUT2D eigenvalue weighted by molar-refractivity contribution is -0.193. The lowest BCUT2D eigenvalue weighted by atomic mass is 9.81. The van der Waals surface area contributed by atoms with Gasteiger partial charge in [-0.05, 0) is 54.1 Å². The zero-order valence-corrected chi connectivity index (χ0v) is 23.8. The quantitative estimate of drug-likeness (QED) is 0.288. The molecule has 0 N–H and O–H groups in total. The second-order valence-electron chi connectivity index (χ2n) is 10.7. The van der Waals surface area contributed by atoms with Gasteiger partial charge in [0.25, 0.3) is 0 Å². The number of rotatable bonds is 8. The number of esters is 1. The minimum atomic E-state index is -1.71. The van der Waals surface area contributed by atoms with Gasteiger partial charge >= 0.3 is 18.3 Å². The predicted octanol–water partition coefficient (Wildman–Crippen LogP) is 4.50. The fourth-order valence-electron chi connectivity index (χ4n) is 4.42. The van der Waals surface area contributed by atoms with E-state index in [1.807, 2.05) is 0 Å². The van der Waals surface area contributed by atoms with Gasteiger partial charge in [0.1, 0.15) is 0 Å². The number of hydrogen-bond acceptors (Lipinski definition) is 8. The van der Waals surface area contributed by atoms with Gasteiger partial charge in [0.2, 0.25) is 0 Å². The Morgan fingerprint density at radius 2 is 1.43 bits per heavy atom. The molecule has 0 radical (unpaired) electrons. The van der Waals surface area contributed by atoms with Crippen LogP contribution in [0.1, 0.15) is 54.0 Å². The van der Waals surface area contributed by atoms with Gasteiger partial charge in [-0.15, -0.1) is 0 Å². The first kappa shape index (κ1) is 32.4. The van der Waals surface area contributed by atoms with Gasteiger partial charge in [-0.2, -0.15) is 19.2 Å². The second-order valence-corrected chi connectivity index (χ2v) is 15.5. The number of carbonyl (C=O) groups is 1. The summed E-state index contributed by atoms with van der Waals surface area (Å²) in [6.45, 7) is 20.9. The minimum Gasteiger partial charge on any atom is -0.467 e. The average Bonchev–Trinajstić information content (AvgIpc) is 3.46. The van der Waals surface area contributed by atoms with Crippen molar-refractivity contribution in [2.24, 2.45) is 11.8 Å². The van der Waals surface area contributed by atoms with E-state index in [0.717, 1.165) is 18.7 Å². The van der Waals surface area contributed by atoms with Crippen LogP contribution in [0.25, 0.3) is 0 Å². The highest BCUT2D eigenvalue weighted by molar-refractivity contribution is 6.74. The molecule has 1 aliphatic rings. The molecule has 0 bridgehead atoms. The molecule has 1 heterocycles. The Hall–Kier alpha value is -2.57. The normalized spacial score (nSPS) is 16.2. The van der Waals surface area contributed by atoms with Gasteiger partial charge in [0.15, 0.2) is 14.4 Å². The fraction of sp³-hybridized carbons (Fsp3) is 0.654. The van der Waals surface area contributed by atoms with Crippen molar-refractivity contribution in [3.05, 3.63) is 29.8 Å². The van der Waals surface area contributed by atoms with Crippen LogP contribution in [0.3, 0.4) is 0 Å². The molecule has 1 aliphatic heterocycles. The van der Waals surface area contributed by atoms with E-state index in [1.54, 1.807) is 0 Å². The van der Waals surface area contributed by atoms with Crippen molar-refractivity contribution in [3.63, 3.8) is 0 Å². The Labute approximate surface area is 210 Å². The van der Waals surface area contributed by atoms with Crippen LogP contribution in [0, 0.1) is 11.8 Å². The van der Waals surface area contributed by atoms with Crippen molar-refractivity contribution in [1.82, 2.24) is 0 Å². The Morgan fingerprint density at radius 3 is 1.77 bits per heavy atom. The molecule has 9 heteroatoms. The molecule has 1 aromatic rings. The lowest BCUT2D eigenvalue weighted by Crippen LogP contribution is -2.41. The largest absolute Gasteiger partial charge is 0.467 e. The van der Waals surface area contributed by atoms with Crippen molar-refractivity contribution in [1.29, 1.82) is 0 Å². The molecule has 1 saturated heterocycles. The molecule has 1 aromatic carbocycles. The molecule has 8 nitrogen and oxygen atoms in total. The van der Waals surface area contributed by atoms with Gasteiger partial charge in [-0.25, -0.2) is 4.79 Å². The van der Waals surface area contributed by atoms with Crippen molar-refractivity contribution in [3.8, 4) is 0 Å². The van der Waals surface area contributed by atoms with E-state index in [2.05, 4.69) is 90.7 Å². The van der Waals surface area contributed by atoms with E-state index in [9.17, 15) is 4.79 Å². The topological polar surface area (TPSA) is 107 Å². The van der Waals surface area contributed by atoms with Crippen molar-refractivity contribution < 1.29 is 33.1 Å². The second kappa shape index (κ2) is 13.5. The summed E-state index contributed by atoms with van der Waals surface area (Å²) in [5, 5.41) is 0.232. The Balaban J connectivity index is 0.00000174. The minimum absolute atomic E-state index is 0.140. The molecular formula is C26H41NO7Si. The van der Waals surface area contributed by atoms with E-state index < -0.39 is 8.32 Å². The Bertz CT molecular complexity index is 856. The molecule has 0 amide bonds.